The third-order valence-corrected chi connectivity index (χ3v) is 15.7. The number of carbonyl (C=O) groups is 10. The lowest BCUT2D eigenvalue weighted by molar-refractivity contribution is -0.143. The van der Waals surface area contributed by atoms with Crippen LogP contribution in [0, 0.1) is 5.92 Å². The summed E-state index contributed by atoms with van der Waals surface area (Å²) < 4.78 is 0. The van der Waals surface area contributed by atoms with Gasteiger partial charge in [-0.05, 0) is 88.5 Å². The number of nitrogens with zero attached hydrogens (tertiary/aromatic N) is 2. The number of amides is 9. The van der Waals surface area contributed by atoms with E-state index in [4.69, 9.17) is 0 Å². The van der Waals surface area contributed by atoms with E-state index in [-0.39, 0.29) is 73.6 Å². The summed E-state index contributed by atoms with van der Waals surface area (Å²) in [5.41, 5.74) is 0.815. The van der Waals surface area contributed by atoms with Crippen LogP contribution in [0.3, 0.4) is 0 Å². The van der Waals surface area contributed by atoms with Gasteiger partial charge in [0, 0.05) is 63.1 Å². The molecule has 28 heteroatoms. The minimum absolute atomic E-state index is 0.0157. The Morgan fingerprint density at radius 1 is 0.728 bits per heavy atom. The number of aliphatic carboxylic acids is 1. The number of aliphatic hydroxyl groups is 1. The Labute approximate surface area is 479 Å². The van der Waals surface area contributed by atoms with Crippen LogP contribution in [0.15, 0.2) is 48.5 Å². The van der Waals surface area contributed by atoms with Gasteiger partial charge in [0.1, 0.15) is 53.8 Å². The van der Waals surface area contributed by atoms with Crippen LogP contribution in [-0.4, -0.2) is 215 Å². The van der Waals surface area contributed by atoms with Crippen LogP contribution in [0.1, 0.15) is 64.5 Å². The van der Waals surface area contributed by atoms with Gasteiger partial charge in [-0.25, -0.2) is 0 Å². The van der Waals surface area contributed by atoms with Crippen LogP contribution in [-0.2, 0) is 60.8 Å². The Bertz CT molecular complexity index is 2450. The van der Waals surface area contributed by atoms with E-state index in [9.17, 15) is 68.4 Å². The standard InChI is InChI=1S/C53H80N12O14S2/c1-30(2)22-40(58-44(70)27-64(20-17-54-5)21-18-55-6)53(79)65-19-7-8-42(65)51(77)62-41-29-81-80-28-31(3)57-52(78)46(32(4)66)63-43(69)26-56-47(73)37(23-33-9-13-35(67)14-10-33)59-48(74)38(24-34-11-15-36(68)16-12-34)60-49(75)39(25-45(71)72)61-50(41)76/h9-16,30-32,37-42,46,54-55,66-68H,7-8,17-29H2,1-6H3,(H,56,73)(H,57,78)(H,58,70)(H,59,74)(H,60,75)(H,61,76)(H,62,77)(H,63,69)(H,71,72)/t31-,32-,37+,38+,39+,40+,41+,42+,46?/m1/s1. The first kappa shape index (κ1) is 66.8. The first-order valence-electron chi connectivity index (χ1n) is 26.9. The van der Waals surface area contributed by atoms with Crippen LogP contribution in [0.5, 0.6) is 11.5 Å². The van der Waals surface area contributed by atoms with Crippen molar-refractivity contribution in [1.82, 2.24) is 63.0 Å². The van der Waals surface area contributed by atoms with Crippen molar-refractivity contribution >= 4 is 80.7 Å². The number of aromatic hydroxyl groups is 2. The number of hydrogen-bond acceptors (Lipinski definition) is 18. The zero-order valence-corrected chi connectivity index (χ0v) is 48.2. The minimum atomic E-state index is -1.88. The zero-order valence-electron chi connectivity index (χ0n) is 46.6. The smallest absolute Gasteiger partial charge is 0.305 e. The van der Waals surface area contributed by atoms with Crippen molar-refractivity contribution in [2.45, 2.75) is 121 Å². The molecule has 2 aromatic rings. The summed E-state index contributed by atoms with van der Waals surface area (Å²) >= 11 is 0. The second-order valence-electron chi connectivity index (χ2n) is 20.5. The van der Waals surface area contributed by atoms with Crippen molar-refractivity contribution in [2.75, 3.05) is 71.4 Å². The highest BCUT2D eigenvalue weighted by Crippen LogP contribution is 2.25. The molecule has 81 heavy (non-hydrogen) atoms. The van der Waals surface area contributed by atoms with Crippen molar-refractivity contribution in [2.24, 2.45) is 5.92 Å². The maximum atomic E-state index is 14.5. The zero-order chi connectivity index (χ0) is 59.8. The fourth-order valence-corrected chi connectivity index (χ4v) is 11.3. The quantitative estimate of drug-likeness (QED) is 0.0572. The molecule has 0 bridgehead atoms. The summed E-state index contributed by atoms with van der Waals surface area (Å²) in [5, 5.41) is 67.4. The molecule has 2 aromatic carbocycles. The predicted molar refractivity (Wildman–Crippen MR) is 303 cm³/mol. The van der Waals surface area contributed by atoms with E-state index in [0.717, 1.165) is 21.6 Å². The molecule has 4 rings (SSSR count). The first-order valence-corrected chi connectivity index (χ1v) is 29.4. The summed E-state index contributed by atoms with van der Waals surface area (Å²) in [6.45, 7) is 8.54. The number of hydrogen-bond donors (Lipinski definition) is 14. The normalized spacial score (nSPS) is 23.0. The van der Waals surface area contributed by atoms with Crippen LogP contribution < -0.4 is 53.2 Å². The lowest BCUT2D eigenvalue weighted by Crippen LogP contribution is -2.60. The molecule has 448 valence electrons. The molecule has 0 radical (unpaired) electrons. The fourth-order valence-electron chi connectivity index (χ4n) is 8.82. The van der Waals surface area contributed by atoms with Gasteiger partial charge in [-0.2, -0.15) is 0 Å². The molecule has 0 saturated carbocycles. The monoisotopic (exact) mass is 1170 g/mol. The number of aliphatic hydroxyl groups excluding tert-OH is 1. The van der Waals surface area contributed by atoms with Gasteiger partial charge >= 0.3 is 5.97 Å². The van der Waals surface area contributed by atoms with Gasteiger partial charge in [0.25, 0.3) is 0 Å². The van der Waals surface area contributed by atoms with Gasteiger partial charge in [-0.1, -0.05) is 59.7 Å². The van der Waals surface area contributed by atoms with E-state index in [0.29, 0.717) is 43.7 Å². The van der Waals surface area contributed by atoms with E-state index in [2.05, 4.69) is 53.2 Å². The molecule has 2 heterocycles. The number of phenols is 2. The summed E-state index contributed by atoms with van der Waals surface area (Å²) in [7, 11) is 5.83. The number of carbonyl (C=O) groups excluding carboxylic acids is 9. The lowest BCUT2D eigenvalue weighted by Gasteiger charge is -2.31. The molecular weight excluding hydrogens is 1090 g/mol. The highest BCUT2D eigenvalue weighted by Gasteiger charge is 2.40. The Kier molecular flexibility index (Phi) is 27.9. The van der Waals surface area contributed by atoms with Gasteiger partial charge < -0.3 is 78.5 Å². The number of likely N-dealkylation sites (tertiary alicyclic amines) is 1. The molecule has 2 fully saturated rings. The molecule has 14 N–H and O–H groups in total. The number of likely N-dealkylation sites (N-methyl/N-ethyl adjacent to an activating group) is 2. The van der Waals surface area contributed by atoms with Gasteiger partial charge in [-0.15, -0.1) is 0 Å². The number of carboxylic acid groups (broad SMARTS) is 1. The summed E-state index contributed by atoms with van der Waals surface area (Å²) in [5.74, 6) is -9.17. The van der Waals surface area contributed by atoms with Gasteiger partial charge in [0.15, 0.2) is 0 Å². The minimum Gasteiger partial charge on any atom is -0.508 e. The maximum Gasteiger partial charge on any atom is 0.305 e. The van der Waals surface area contributed by atoms with Crippen molar-refractivity contribution in [1.29, 1.82) is 0 Å². The molecule has 2 aliphatic heterocycles. The average Bonchev–Trinajstić information content (AvgIpc) is 3.97. The molecule has 2 aliphatic rings. The van der Waals surface area contributed by atoms with Gasteiger partial charge in [-0.3, -0.25) is 52.8 Å². The van der Waals surface area contributed by atoms with E-state index < -0.39 is 121 Å². The number of carboxylic acids is 1. The summed E-state index contributed by atoms with van der Waals surface area (Å²) in [6.07, 6.45) is -2.11. The van der Waals surface area contributed by atoms with Crippen LogP contribution in [0.25, 0.3) is 0 Å². The number of phenolic OH excluding ortho intramolecular Hbond substituents is 2. The maximum absolute atomic E-state index is 14.5. The first-order chi connectivity index (χ1) is 38.5. The highest BCUT2D eigenvalue weighted by atomic mass is 33.1. The Balaban J connectivity index is 1.70. The molecule has 26 nitrogen and oxygen atoms in total. The van der Waals surface area contributed by atoms with Crippen molar-refractivity contribution in [3.8, 4) is 11.5 Å². The van der Waals surface area contributed by atoms with Crippen molar-refractivity contribution in [3.63, 3.8) is 0 Å². The highest BCUT2D eigenvalue weighted by molar-refractivity contribution is 8.76. The Morgan fingerprint density at radius 2 is 1.27 bits per heavy atom. The molecule has 1 unspecified atom stereocenters. The second-order valence-corrected chi connectivity index (χ2v) is 23.0. The van der Waals surface area contributed by atoms with Gasteiger partial charge in [0.05, 0.1) is 25.6 Å². The largest absolute Gasteiger partial charge is 0.508 e. The lowest BCUT2D eigenvalue weighted by atomic mass is 10.0. The SMILES string of the molecule is CNCCN(CCNC)CC(=O)N[C@@H](CC(C)C)C(=O)N1CCC[C@H]1C(=O)N[C@H]1CSSC[C@@H](C)NC(=O)C([C@@H](C)O)NC(=O)CNC(=O)[C@H](Cc2ccc(O)cc2)NC(=O)[C@H](Cc2ccc(O)cc2)NC(=O)[C@H](CC(=O)O)NC1=O. The second kappa shape index (κ2) is 33.9. The fraction of sp³-hybridized carbons (Fsp3) is 0.585. The van der Waals surface area contributed by atoms with Gasteiger partial charge in [0.2, 0.25) is 53.2 Å². The van der Waals surface area contributed by atoms with E-state index >= 15 is 0 Å². The number of rotatable bonds is 21. The van der Waals surface area contributed by atoms with Crippen LogP contribution in [0.4, 0.5) is 0 Å². The van der Waals surface area contributed by atoms with E-state index in [1.165, 1.54) is 60.4 Å². The summed E-state index contributed by atoms with van der Waals surface area (Å²) in [6, 6.07) is 0.502. The van der Waals surface area contributed by atoms with Crippen molar-refractivity contribution in [3.05, 3.63) is 59.7 Å². The number of benzene rings is 2. The Hall–Kier alpha value is -6.72. The van der Waals surface area contributed by atoms with Crippen LogP contribution >= 0.6 is 21.6 Å². The molecule has 2 saturated heterocycles. The molecule has 9 atom stereocenters. The Morgan fingerprint density at radius 3 is 1.81 bits per heavy atom. The molecular formula is C53H80N12O14S2. The topological polar surface area (TPSA) is 378 Å². The molecule has 0 aromatic heterocycles. The number of nitrogens with one attached hydrogen (secondary N) is 10. The predicted octanol–water partition coefficient (Wildman–Crippen LogP) is -2.56. The molecule has 0 aliphatic carbocycles. The third-order valence-electron chi connectivity index (χ3n) is 13.1. The van der Waals surface area contributed by atoms with Crippen molar-refractivity contribution < 1.29 is 68.4 Å². The third kappa shape index (κ3) is 23.0. The van der Waals surface area contributed by atoms with E-state index in [1.54, 1.807) is 21.0 Å². The van der Waals surface area contributed by atoms with E-state index in [1.807, 2.05) is 18.7 Å². The summed E-state index contributed by atoms with van der Waals surface area (Å²) in [4.78, 5) is 142. The van der Waals surface area contributed by atoms with Crippen LogP contribution in [0.2, 0.25) is 0 Å². The molecule has 0 spiro atoms. The molecule has 9 amide bonds. The average molecular weight is 1170 g/mol.